The lowest BCUT2D eigenvalue weighted by molar-refractivity contribution is 0.408. The maximum absolute atomic E-state index is 13.8. The smallest absolute Gasteiger partial charge is 0.131 e. The number of ether oxygens (including phenoxy) is 1. The molecule has 0 saturated carbocycles. The Balaban J connectivity index is 2.45. The minimum atomic E-state index is -0.668. The van der Waals surface area contributed by atoms with Gasteiger partial charge in [-0.15, -0.1) is 11.6 Å². The van der Waals surface area contributed by atoms with Crippen molar-refractivity contribution in [2.75, 3.05) is 7.11 Å². The lowest BCUT2D eigenvalue weighted by Gasteiger charge is -2.16. The summed E-state index contributed by atoms with van der Waals surface area (Å²) in [5.41, 5.74) is 2.87. The minimum Gasteiger partial charge on any atom is -0.496 e. The minimum absolute atomic E-state index is 0.261. The van der Waals surface area contributed by atoms with Gasteiger partial charge < -0.3 is 4.74 Å². The highest BCUT2D eigenvalue weighted by atomic mass is 35.5. The van der Waals surface area contributed by atoms with E-state index in [1.165, 1.54) is 12.1 Å². The fraction of sp³-hybridized carbons (Fsp3) is 0.250. The van der Waals surface area contributed by atoms with Crippen LogP contribution in [0.25, 0.3) is 0 Å². The Labute approximate surface area is 122 Å². The van der Waals surface area contributed by atoms with Crippen molar-refractivity contribution >= 4 is 11.6 Å². The Morgan fingerprint density at radius 1 is 1.05 bits per heavy atom. The Morgan fingerprint density at radius 3 is 2.15 bits per heavy atom. The van der Waals surface area contributed by atoms with Gasteiger partial charge in [0.2, 0.25) is 0 Å². The van der Waals surface area contributed by atoms with Gasteiger partial charge in [0, 0.05) is 11.6 Å². The number of hydrogen-bond donors (Lipinski definition) is 0. The van der Waals surface area contributed by atoms with Crippen LogP contribution in [0.5, 0.6) is 5.75 Å². The molecular formula is C16H15ClF2O. The summed E-state index contributed by atoms with van der Waals surface area (Å²) in [6, 6.07) is 7.13. The maximum Gasteiger partial charge on any atom is 0.131 e. The van der Waals surface area contributed by atoms with Crippen molar-refractivity contribution in [2.24, 2.45) is 0 Å². The number of hydrogen-bond acceptors (Lipinski definition) is 1. The summed E-state index contributed by atoms with van der Waals surface area (Å²) in [6.07, 6.45) is 0. The molecule has 0 saturated heterocycles. The molecule has 20 heavy (non-hydrogen) atoms. The number of halogens is 3. The highest BCUT2D eigenvalue weighted by Gasteiger charge is 2.18. The van der Waals surface area contributed by atoms with Gasteiger partial charge in [-0.3, -0.25) is 0 Å². The molecule has 4 heteroatoms. The molecule has 0 aliphatic carbocycles. The number of aryl methyl sites for hydroxylation is 2. The number of methoxy groups -OCH3 is 1. The van der Waals surface area contributed by atoms with Crippen LogP contribution >= 0.6 is 11.6 Å². The van der Waals surface area contributed by atoms with E-state index in [9.17, 15) is 8.78 Å². The molecule has 0 aromatic heterocycles. The zero-order chi connectivity index (χ0) is 14.9. The second-order valence-electron chi connectivity index (χ2n) is 4.72. The monoisotopic (exact) mass is 296 g/mol. The van der Waals surface area contributed by atoms with Gasteiger partial charge in [0.05, 0.1) is 12.5 Å². The molecule has 0 fully saturated rings. The molecule has 1 atom stereocenters. The van der Waals surface area contributed by atoms with E-state index in [2.05, 4.69) is 0 Å². The normalized spacial score (nSPS) is 12.3. The van der Waals surface area contributed by atoms with E-state index < -0.39 is 17.0 Å². The molecule has 0 bridgehead atoms. The van der Waals surface area contributed by atoms with Crippen molar-refractivity contribution < 1.29 is 13.5 Å². The zero-order valence-electron chi connectivity index (χ0n) is 11.5. The maximum atomic E-state index is 13.8. The van der Waals surface area contributed by atoms with Crippen molar-refractivity contribution in [1.82, 2.24) is 0 Å². The number of alkyl halides is 1. The summed E-state index contributed by atoms with van der Waals surface area (Å²) in [5, 5.41) is -0.668. The number of benzene rings is 2. The molecule has 106 valence electrons. The summed E-state index contributed by atoms with van der Waals surface area (Å²) in [5.74, 6) is -0.467. The van der Waals surface area contributed by atoms with Crippen molar-refractivity contribution in [1.29, 1.82) is 0 Å². The molecule has 0 N–H and O–H groups in total. The van der Waals surface area contributed by atoms with Crippen molar-refractivity contribution in [2.45, 2.75) is 19.2 Å². The Morgan fingerprint density at radius 2 is 1.65 bits per heavy atom. The highest BCUT2D eigenvalue weighted by molar-refractivity contribution is 6.22. The first kappa shape index (κ1) is 14.8. The summed E-state index contributed by atoms with van der Waals surface area (Å²) in [6.45, 7) is 3.81. The van der Waals surface area contributed by atoms with Crippen LogP contribution in [-0.4, -0.2) is 7.11 Å². The predicted molar refractivity (Wildman–Crippen MR) is 76.5 cm³/mol. The first-order valence-electron chi connectivity index (χ1n) is 6.18. The fourth-order valence-corrected chi connectivity index (χ4v) is 2.64. The van der Waals surface area contributed by atoms with E-state index >= 15 is 0 Å². The predicted octanol–water partition coefficient (Wildman–Crippen LogP) is 4.92. The third kappa shape index (κ3) is 2.78. The molecule has 0 heterocycles. The van der Waals surface area contributed by atoms with E-state index in [0.717, 1.165) is 28.5 Å². The van der Waals surface area contributed by atoms with Crippen LogP contribution < -0.4 is 4.74 Å². The molecule has 1 nitrogen and oxygen atoms in total. The SMILES string of the molecule is COc1c(C)cc(C(Cl)c2ccc(F)cc2F)cc1C. The lowest BCUT2D eigenvalue weighted by atomic mass is 9.99. The first-order chi connectivity index (χ1) is 9.43. The summed E-state index contributed by atoms with van der Waals surface area (Å²) < 4.78 is 32.0. The standard InChI is InChI=1S/C16H15ClF2O/c1-9-6-11(7-10(2)16(9)20-3)15(17)13-5-4-12(18)8-14(13)19/h4-8,15H,1-3H3. The van der Waals surface area contributed by atoms with Gasteiger partial charge in [0.15, 0.2) is 0 Å². The van der Waals surface area contributed by atoms with E-state index in [0.29, 0.717) is 0 Å². The van der Waals surface area contributed by atoms with Crippen LogP contribution in [-0.2, 0) is 0 Å². The molecule has 2 aromatic carbocycles. The zero-order valence-corrected chi connectivity index (χ0v) is 12.3. The molecule has 0 aliphatic heterocycles. The summed E-state index contributed by atoms with van der Waals surface area (Å²) >= 11 is 6.33. The van der Waals surface area contributed by atoms with Gasteiger partial charge in [-0.05, 0) is 36.6 Å². The van der Waals surface area contributed by atoms with E-state index in [-0.39, 0.29) is 5.56 Å². The first-order valence-corrected chi connectivity index (χ1v) is 6.62. The van der Waals surface area contributed by atoms with Crippen LogP contribution in [0, 0.1) is 25.5 Å². The van der Waals surface area contributed by atoms with Gasteiger partial charge in [-0.2, -0.15) is 0 Å². The van der Waals surface area contributed by atoms with Gasteiger partial charge in [-0.1, -0.05) is 18.2 Å². The third-order valence-corrected chi connectivity index (χ3v) is 3.70. The second-order valence-corrected chi connectivity index (χ2v) is 5.15. The van der Waals surface area contributed by atoms with Gasteiger partial charge in [-0.25, -0.2) is 8.78 Å². The van der Waals surface area contributed by atoms with Crippen molar-refractivity contribution in [3.05, 3.63) is 64.2 Å². The van der Waals surface area contributed by atoms with Crippen molar-refractivity contribution in [3.8, 4) is 5.75 Å². The van der Waals surface area contributed by atoms with Crippen LogP contribution in [0.1, 0.15) is 27.6 Å². The molecule has 0 radical (unpaired) electrons. The Hall–Kier alpha value is -1.61. The molecule has 2 aromatic rings. The average molecular weight is 297 g/mol. The molecule has 0 spiro atoms. The van der Waals surface area contributed by atoms with Crippen LogP contribution in [0.15, 0.2) is 30.3 Å². The van der Waals surface area contributed by atoms with Gasteiger partial charge >= 0.3 is 0 Å². The largest absolute Gasteiger partial charge is 0.496 e. The quantitative estimate of drug-likeness (QED) is 0.731. The van der Waals surface area contributed by atoms with E-state index in [4.69, 9.17) is 16.3 Å². The third-order valence-electron chi connectivity index (χ3n) is 3.21. The fourth-order valence-electron chi connectivity index (χ4n) is 2.34. The highest BCUT2D eigenvalue weighted by Crippen LogP contribution is 2.35. The molecule has 0 amide bonds. The second kappa shape index (κ2) is 5.80. The van der Waals surface area contributed by atoms with Crippen molar-refractivity contribution in [3.63, 3.8) is 0 Å². The molecule has 2 rings (SSSR count). The Kier molecular flexibility index (Phi) is 4.29. The van der Waals surface area contributed by atoms with Crippen LogP contribution in [0.4, 0.5) is 8.78 Å². The Bertz CT molecular complexity index is 617. The van der Waals surface area contributed by atoms with Gasteiger partial charge in [0.25, 0.3) is 0 Å². The van der Waals surface area contributed by atoms with E-state index in [1.807, 2.05) is 26.0 Å². The van der Waals surface area contributed by atoms with E-state index in [1.54, 1.807) is 7.11 Å². The molecule has 1 unspecified atom stereocenters. The van der Waals surface area contributed by atoms with Gasteiger partial charge in [0.1, 0.15) is 17.4 Å². The summed E-state index contributed by atoms with van der Waals surface area (Å²) in [7, 11) is 1.60. The molecular weight excluding hydrogens is 282 g/mol. The topological polar surface area (TPSA) is 9.23 Å². The lowest BCUT2D eigenvalue weighted by Crippen LogP contribution is -2.00. The summed E-state index contributed by atoms with van der Waals surface area (Å²) in [4.78, 5) is 0. The average Bonchev–Trinajstić information content (AvgIpc) is 2.37. The number of rotatable bonds is 3. The molecule has 0 aliphatic rings. The van der Waals surface area contributed by atoms with Crippen LogP contribution in [0.2, 0.25) is 0 Å². The van der Waals surface area contributed by atoms with Crippen LogP contribution in [0.3, 0.4) is 0 Å².